The molecule has 17 heavy (non-hydrogen) atoms. The predicted octanol–water partition coefficient (Wildman–Crippen LogP) is 3.74. The summed E-state index contributed by atoms with van der Waals surface area (Å²) in [5, 5.41) is 0. The van der Waals surface area contributed by atoms with Gasteiger partial charge in [0.25, 0.3) is 0 Å². The lowest BCUT2D eigenvalue weighted by Crippen LogP contribution is -2.36. The third-order valence-corrected chi connectivity index (χ3v) is 7.98. The molecule has 0 heterocycles. The fraction of sp³-hybridized carbons (Fsp3) is 0.923. The van der Waals surface area contributed by atoms with Gasteiger partial charge >= 0.3 is 5.97 Å². The molecule has 0 aliphatic rings. The number of hydrogen-bond acceptors (Lipinski definition) is 3. The van der Waals surface area contributed by atoms with E-state index in [4.69, 9.17) is 9.16 Å². The standard InChI is InChI=1S/C13H28O3Si/c1-5-10-13(14)15-11-9-12-17(7-3,8-4)16-6-2/h5-12H2,1-4H3. The zero-order valence-corrected chi connectivity index (χ0v) is 12.9. The van der Waals surface area contributed by atoms with Crippen LogP contribution < -0.4 is 0 Å². The first-order valence-electron chi connectivity index (χ1n) is 6.93. The Labute approximate surface area is 107 Å². The van der Waals surface area contributed by atoms with Gasteiger partial charge in [0.2, 0.25) is 0 Å². The average molecular weight is 260 g/mol. The molecule has 0 N–H and O–H groups in total. The van der Waals surface area contributed by atoms with Gasteiger partial charge in [0.05, 0.1) is 6.61 Å². The van der Waals surface area contributed by atoms with Crippen molar-refractivity contribution in [3.63, 3.8) is 0 Å². The van der Waals surface area contributed by atoms with Crippen LogP contribution in [0.3, 0.4) is 0 Å². The molecule has 0 aromatic heterocycles. The van der Waals surface area contributed by atoms with E-state index in [0.717, 1.165) is 37.6 Å². The molecule has 102 valence electrons. The maximum atomic E-state index is 11.2. The van der Waals surface area contributed by atoms with Gasteiger partial charge in [-0.3, -0.25) is 4.79 Å². The number of ether oxygens (including phenoxy) is 1. The van der Waals surface area contributed by atoms with Crippen LogP contribution in [0.1, 0.15) is 47.0 Å². The van der Waals surface area contributed by atoms with Crippen LogP contribution in [0.4, 0.5) is 0 Å². The van der Waals surface area contributed by atoms with E-state index < -0.39 is 8.32 Å². The molecule has 0 amide bonds. The van der Waals surface area contributed by atoms with Crippen LogP contribution in [-0.4, -0.2) is 27.5 Å². The third kappa shape index (κ3) is 6.84. The Morgan fingerprint density at radius 2 is 1.76 bits per heavy atom. The lowest BCUT2D eigenvalue weighted by atomic mass is 10.3. The molecule has 0 fully saturated rings. The van der Waals surface area contributed by atoms with E-state index in [1.165, 1.54) is 0 Å². The SMILES string of the molecule is CCCC(=O)OCCC[Si](CC)(CC)OCC. The van der Waals surface area contributed by atoms with Crippen molar-refractivity contribution < 1.29 is 14.0 Å². The Kier molecular flexibility index (Phi) is 9.45. The Morgan fingerprint density at radius 3 is 2.24 bits per heavy atom. The summed E-state index contributed by atoms with van der Waals surface area (Å²) in [5.74, 6) is -0.0656. The van der Waals surface area contributed by atoms with E-state index in [2.05, 4.69) is 20.8 Å². The Balaban J connectivity index is 3.86. The molecule has 0 atom stereocenters. The van der Waals surface area contributed by atoms with Crippen molar-refractivity contribution >= 4 is 14.3 Å². The van der Waals surface area contributed by atoms with Crippen LogP contribution in [0.15, 0.2) is 0 Å². The fourth-order valence-electron chi connectivity index (χ4n) is 2.04. The highest BCUT2D eigenvalue weighted by Gasteiger charge is 2.29. The van der Waals surface area contributed by atoms with Crippen LogP contribution >= 0.6 is 0 Å². The van der Waals surface area contributed by atoms with Gasteiger partial charge in [0, 0.05) is 13.0 Å². The summed E-state index contributed by atoms with van der Waals surface area (Å²) < 4.78 is 11.2. The zero-order valence-electron chi connectivity index (χ0n) is 11.9. The third-order valence-electron chi connectivity index (χ3n) is 3.23. The van der Waals surface area contributed by atoms with Gasteiger partial charge < -0.3 is 9.16 Å². The number of esters is 1. The van der Waals surface area contributed by atoms with Gasteiger partial charge in [0.1, 0.15) is 0 Å². The van der Waals surface area contributed by atoms with Crippen molar-refractivity contribution in [2.24, 2.45) is 0 Å². The van der Waals surface area contributed by atoms with E-state index in [1.807, 2.05) is 6.92 Å². The van der Waals surface area contributed by atoms with Crippen molar-refractivity contribution in [1.82, 2.24) is 0 Å². The second-order valence-corrected chi connectivity index (χ2v) is 8.97. The number of hydrogen-bond donors (Lipinski definition) is 0. The van der Waals surface area contributed by atoms with Crippen LogP contribution in [-0.2, 0) is 14.0 Å². The molecule has 4 heteroatoms. The molecule has 0 bridgehead atoms. The molecule has 0 unspecified atom stereocenters. The van der Waals surface area contributed by atoms with E-state index in [0.29, 0.717) is 13.0 Å². The fourth-order valence-corrected chi connectivity index (χ4v) is 5.20. The molecule has 0 aliphatic heterocycles. The molecule has 0 radical (unpaired) electrons. The molecule has 0 saturated carbocycles. The maximum Gasteiger partial charge on any atom is 0.305 e. The Morgan fingerprint density at radius 1 is 1.12 bits per heavy atom. The lowest BCUT2D eigenvalue weighted by molar-refractivity contribution is -0.143. The van der Waals surface area contributed by atoms with Crippen molar-refractivity contribution in [1.29, 1.82) is 0 Å². The predicted molar refractivity (Wildman–Crippen MR) is 73.6 cm³/mol. The molecule has 0 spiro atoms. The quantitative estimate of drug-likeness (QED) is 0.341. The molecule has 3 nitrogen and oxygen atoms in total. The molecule has 0 aliphatic carbocycles. The number of carbonyl (C=O) groups excluding carboxylic acids is 1. The highest BCUT2D eigenvalue weighted by Crippen LogP contribution is 2.23. The largest absolute Gasteiger partial charge is 0.466 e. The summed E-state index contributed by atoms with van der Waals surface area (Å²) in [4.78, 5) is 11.2. The topological polar surface area (TPSA) is 35.5 Å². The van der Waals surface area contributed by atoms with Crippen molar-refractivity contribution in [2.45, 2.75) is 65.1 Å². The van der Waals surface area contributed by atoms with Crippen molar-refractivity contribution in [2.75, 3.05) is 13.2 Å². The molecule has 0 aromatic rings. The first kappa shape index (κ1) is 16.6. The number of carbonyl (C=O) groups is 1. The van der Waals surface area contributed by atoms with Crippen molar-refractivity contribution in [3.8, 4) is 0 Å². The molecular formula is C13H28O3Si. The van der Waals surface area contributed by atoms with Crippen LogP contribution in [0.2, 0.25) is 18.1 Å². The highest BCUT2D eigenvalue weighted by molar-refractivity contribution is 6.73. The summed E-state index contributed by atoms with van der Waals surface area (Å²) >= 11 is 0. The first-order chi connectivity index (χ1) is 8.14. The molecule has 0 rings (SSSR count). The Bertz CT molecular complexity index is 203. The van der Waals surface area contributed by atoms with E-state index >= 15 is 0 Å². The summed E-state index contributed by atoms with van der Waals surface area (Å²) in [7, 11) is -1.53. The van der Waals surface area contributed by atoms with Gasteiger partial charge in [-0.25, -0.2) is 0 Å². The summed E-state index contributed by atoms with van der Waals surface area (Å²) in [6.45, 7) is 9.85. The van der Waals surface area contributed by atoms with Gasteiger partial charge in [-0.05, 0) is 37.9 Å². The molecular weight excluding hydrogens is 232 g/mol. The molecule has 0 saturated heterocycles. The average Bonchev–Trinajstić information content (AvgIpc) is 2.33. The smallest absolute Gasteiger partial charge is 0.305 e. The monoisotopic (exact) mass is 260 g/mol. The van der Waals surface area contributed by atoms with E-state index in [1.54, 1.807) is 0 Å². The van der Waals surface area contributed by atoms with E-state index in [9.17, 15) is 4.79 Å². The van der Waals surface area contributed by atoms with Crippen molar-refractivity contribution in [3.05, 3.63) is 0 Å². The minimum Gasteiger partial charge on any atom is -0.466 e. The minimum atomic E-state index is -1.53. The van der Waals surface area contributed by atoms with E-state index in [-0.39, 0.29) is 5.97 Å². The summed E-state index contributed by atoms with van der Waals surface area (Å²) in [6, 6.07) is 3.41. The maximum absolute atomic E-state index is 11.2. The van der Waals surface area contributed by atoms with Gasteiger partial charge in [0.15, 0.2) is 8.32 Å². The second kappa shape index (κ2) is 9.65. The van der Waals surface area contributed by atoms with Gasteiger partial charge in [-0.1, -0.05) is 20.8 Å². The lowest BCUT2D eigenvalue weighted by Gasteiger charge is -2.28. The molecule has 0 aromatic carbocycles. The van der Waals surface area contributed by atoms with Crippen LogP contribution in [0.5, 0.6) is 0 Å². The summed E-state index contributed by atoms with van der Waals surface area (Å²) in [5.41, 5.74) is 0. The zero-order chi connectivity index (χ0) is 13.1. The normalized spacial score (nSPS) is 11.5. The summed E-state index contributed by atoms with van der Waals surface area (Å²) in [6.07, 6.45) is 2.35. The highest BCUT2D eigenvalue weighted by atomic mass is 28.4. The Hall–Kier alpha value is -0.353. The van der Waals surface area contributed by atoms with Crippen LogP contribution in [0.25, 0.3) is 0 Å². The number of rotatable bonds is 10. The first-order valence-corrected chi connectivity index (χ1v) is 9.46. The van der Waals surface area contributed by atoms with Crippen LogP contribution in [0, 0.1) is 0 Å². The van der Waals surface area contributed by atoms with Gasteiger partial charge in [-0.15, -0.1) is 0 Å². The van der Waals surface area contributed by atoms with Gasteiger partial charge in [-0.2, -0.15) is 0 Å². The second-order valence-electron chi connectivity index (χ2n) is 4.40. The minimum absolute atomic E-state index is 0.0656.